The van der Waals surface area contributed by atoms with Crippen molar-refractivity contribution in [1.82, 2.24) is 15.4 Å². The number of hydrogen-bond acceptors (Lipinski definition) is 5. The van der Waals surface area contributed by atoms with Gasteiger partial charge in [0.05, 0.1) is 16.8 Å². The van der Waals surface area contributed by atoms with Crippen LogP contribution in [0.4, 0.5) is 16.2 Å². The van der Waals surface area contributed by atoms with Gasteiger partial charge in [-0.25, -0.2) is 9.37 Å². The Balaban J connectivity index is 2.04. The SMILES string of the molecule is Nc1nc(NNC(=O)c2ccccc2Cl)ncc1F. The van der Waals surface area contributed by atoms with Crippen molar-refractivity contribution >= 4 is 29.3 Å². The lowest BCUT2D eigenvalue weighted by molar-refractivity contribution is 0.0962. The molecule has 1 amide bonds. The maximum Gasteiger partial charge on any atom is 0.271 e. The Hall–Kier alpha value is -2.41. The first-order chi connectivity index (χ1) is 9.08. The number of hydrogen-bond donors (Lipinski definition) is 3. The number of amides is 1. The number of anilines is 2. The molecule has 1 heterocycles. The molecule has 0 saturated carbocycles. The number of halogens is 2. The zero-order valence-corrected chi connectivity index (χ0v) is 10.3. The van der Waals surface area contributed by atoms with Gasteiger partial charge in [-0.2, -0.15) is 4.98 Å². The van der Waals surface area contributed by atoms with Crippen molar-refractivity contribution < 1.29 is 9.18 Å². The lowest BCUT2D eigenvalue weighted by atomic mass is 10.2. The van der Waals surface area contributed by atoms with Crippen LogP contribution >= 0.6 is 11.6 Å². The molecule has 0 radical (unpaired) electrons. The Kier molecular flexibility index (Phi) is 3.76. The molecule has 4 N–H and O–H groups in total. The van der Waals surface area contributed by atoms with Gasteiger partial charge in [0.15, 0.2) is 11.6 Å². The summed E-state index contributed by atoms with van der Waals surface area (Å²) in [5.41, 5.74) is 10.3. The molecule has 0 fully saturated rings. The zero-order chi connectivity index (χ0) is 13.8. The maximum atomic E-state index is 12.8. The molecule has 0 atom stereocenters. The molecule has 8 heteroatoms. The number of hydrazine groups is 1. The first-order valence-electron chi connectivity index (χ1n) is 5.17. The Labute approximate surface area is 112 Å². The fourth-order valence-corrected chi connectivity index (χ4v) is 1.49. The van der Waals surface area contributed by atoms with Crippen LogP contribution in [0, 0.1) is 5.82 Å². The predicted octanol–water partition coefficient (Wildman–Crippen LogP) is 1.61. The average Bonchev–Trinajstić information content (AvgIpc) is 2.40. The number of nitrogens with one attached hydrogen (secondary N) is 2. The van der Waals surface area contributed by atoms with Crippen molar-refractivity contribution in [2.75, 3.05) is 11.2 Å². The molecular formula is C11H9ClFN5O. The molecule has 2 aromatic rings. The van der Waals surface area contributed by atoms with Gasteiger partial charge in [-0.05, 0) is 12.1 Å². The number of nitrogen functional groups attached to an aromatic ring is 1. The summed E-state index contributed by atoms with van der Waals surface area (Å²) >= 11 is 5.86. The van der Waals surface area contributed by atoms with Crippen molar-refractivity contribution in [3.05, 3.63) is 46.9 Å². The van der Waals surface area contributed by atoms with Gasteiger partial charge in [0, 0.05) is 0 Å². The predicted molar refractivity (Wildman–Crippen MR) is 68.9 cm³/mol. The van der Waals surface area contributed by atoms with E-state index in [2.05, 4.69) is 20.8 Å². The molecule has 2 rings (SSSR count). The highest BCUT2D eigenvalue weighted by molar-refractivity contribution is 6.33. The monoisotopic (exact) mass is 281 g/mol. The number of carbonyl (C=O) groups excluding carboxylic acids is 1. The van der Waals surface area contributed by atoms with Crippen LogP contribution in [0.1, 0.15) is 10.4 Å². The van der Waals surface area contributed by atoms with Gasteiger partial charge in [-0.3, -0.25) is 15.6 Å². The topological polar surface area (TPSA) is 92.9 Å². The van der Waals surface area contributed by atoms with Crippen molar-refractivity contribution in [3.63, 3.8) is 0 Å². The van der Waals surface area contributed by atoms with Crippen LogP contribution in [0.15, 0.2) is 30.5 Å². The van der Waals surface area contributed by atoms with Crippen molar-refractivity contribution in [3.8, 4) is 0 Å². The third-order valence-corrected chi connectivity index (χ3v) is 2.51. The van der Waals surface area contributed by atoms with E-state index in [-0.39, 0.29) is 17.3 Å². The summed E-state index contributed by atoms with van der Waals surface area (Å²) in [7, 11) is 0. The smallest absolute Gasteiger partial charge is 0.271 e. The summed E-state index contributed by atoms with van der Waals surface area (Å²) in [6, 6.07) is 6.52. The second kappa shape index (κ2) is 5.49. The zero-order valence-electron chi connectivity index (χ0n) is 9.52. The van der Waals surface area contributed by atoms with E-state index in [9.17, 15) is 9.18 Å². The lowest BCUT2D eigenvalue weighted by Gasteiger charge is -2.08. The summed E-state index contributed by atoms with van der Waals surface area (Å²) in [5.74, 6) is -1.55. The van der Waals surface area contributed by atoms with E-state index < -0.39 is 11.7 Å². The Morgan fingerprint density at radius 2 is 2.11 bits per heavy atom. The largest absolute Gasteiger partial charge is 0.381 e. The molecule has 0 spiro atoms. The number of rotatable bonds is 3. The number of nitrogens with zero attached hydrogens (tertiary/aromatic N) is 2. The summed E-state index contributed by atoms with van der Waals surface area (Å²) in [6.07, 6.45) is 0.895. The molecule has 0 aliphatic rings. The van der Waals surface area contributed by atoms with Gasteiger partial charge in [-0.15, -0.1) is 0 Å². The minimum atomic E-state index is -0.733. The number of benzene rings is 1. The van der Waals surface area contributed by atoms with Crippen LogP contribution in [0.3, 0.4) is 0 Å². The van der Waals surface area contributed by atoms with Crippen LogP contribution < -0.4 is 16.6 Å². The maximum absolute atomic E-state index is 12.8. The summed E-state index contributed by atoms with van der Waals surface area (Å²) in [4.78, 5) is 19.0. The van der Waals surface area contributed by atoms with Crippen LogP contribution in [-0.2, 0) is 0 Å². The van der Waals surface area contributed by atoms with Crippen molar-refractivity contribution in [2.24, 2.45) is 0 Å². The first-order valence-corrected chi connectivity index (χ1v) is 5.54. The molecular weight excluding hydrogens is 273 g/mol. The van der Waals surface area contributed by atoms with E-state index in [1.54, 1.807) is 24.3 Å². The number of carbonyl (C=O) groups is 1. The normalized spacial score (nSPS) is 10.0. The van der Waals surface area contributed by atoms with Gasteiger partial charge in [0.2, 0.25) is 5.95 Å². The Bertz CT molecular complexity index is 622. The van der Waals surface area contributed by atoms with Crippen molar-refractivity contribution in [2.45, 2.75) is 0 Å². The van der Waals surface area contributed by atoms with Crippen LogP contribution in [-0.4, -0.2) is 15.9 Å². The van der Waals surface area contributed by atoms with Crippen LogP contribution in [0.5, 0.6) is 0 Å². The van der Waals surface area contributed by atoms with E-state index >= 15 is 0 Å². The molecule has 0 saturated heterocycles. The summed E-state index contributed by atoms with van der Waals surface area (Å²) in [6.45, 7) is 0. The number of aromatic nitrogens is 2. The van der Waals surface area contributed by atoms with E-state index in [1.165, 1.54) is 0 Å². The first kappa shape index (κ1) is 13.0. The fourth-order valence-electron chi connectivity index (χ4n) is 1.27. The highest BCUT2D eigenvalue weighted by Gasteiger charge is 2.10. The van der Waals surface area contributed by atoms with Gasteiger partial charge in [0.1, 0.15) is 0 Å². The molecule has 0 bridgehead atoms. The van der Waals surface area contributed by atoms with E-state index in [1.807, 2.05) is 0 Å². The molecule has 0 aliphatic carbocycles. The second-order valence-corrected chi connectivity index (χ2v) is 3.89. The molecule has 19 heavy (non-hydrogen) atoms. The standard InChI is InChI=1S/C11H9ClFN5O/c12-7-4-2-1-3-6(7)10(19)17-18-11-15-5-8(13)9(14)16-11/h1-5H,(H,17,19)(H3,14,15,16,18). The fraction of sp³-hybridized carbons (Fsp3) is 0. The van der Waals surface area contributed by atoms with Crippen LogP contribution in [0.2, 0.25) is 5.02 Å². The second-order valence-electron chi connectivity index (χ2n) is 3.49. The Morgan fingerprint density at radius 1 is 1.37 bits per heavy atom. The molecule has 0 aliphatic heterocycles. The van der Waals surface area contributed by atoms with Gasteiger partial charge < -0.3 is 5.73 Å². The summed E-state index contributed by atoms with van der Waals surface area (Å²) < 4.78 is 12.8. The lowest BCUT2D eigenvalue weighted by Crippen LogP contribution is -2.30. The van der Waals surface area contributed by atoms with Gasteiger partial charge >= 0.3 is 0 Å². The average molecular weight is 282 g/mol. The van der Waals surface area contributed by atoms with Gasteiger partial charge in [-0.1, -0.05) is 23.7 Å². The van der Waals surface area contributed by atoms with Crippen LogP contribution in [0.25, 0.3) is 0 Å². The minimum absolute atomic E-state index is 0.0284. The molecule has 1 aromatic carbocycles. The molecule has 98 valence electrons. The van der Waals surface area contributed by atoms with E-state index in [4.69, 9.17) is 17.3 Å². The van der Waals surface area contributed by atoms with Crippen molar-refractivity contribution in [1.29, 1.82) is 0 Å². The summed E-state index contributed by atoms with van der Waals surface area (Å²) in [5, 5.41) is 0.307. The third kappa shape index (κ3) is 3.08. The Morgan fingerprint density at radius 3 is 2.79 bits per heavy atom. The number of nitrogens with two attached hydrogens (primary N) is 1. The molecule has 1 aromatic heterocycles. The van der Waals surface area contributed by atoms with Gasteiger partial charge in [0.25, 0.3) is 5.91 Å². The van der Waals surface area contributed by atoms with E-state index in [0.717, 1.165) is 6.20 Å². The molecule has 6 nitrogen and oxygen atoms in total. The third-order valence-electron chi connectivity index (χ3n) is 2.18. The highest BCUT2D eigenvalue weighted by Crippen LogP contribution is 2.14. The van der Waals surface area contributed by atoms with E-state index in [0.29, 0.717) is 5.02 Å². The highest BCUT2D eigenvalue weighted by atomic mass is 35.5. The molecule has 0 unspecified atom stereocenters. The quantitative estimate of drug-likeness (QED) is 0.743. The minimum Gasteiger partial charge on any atom is -0.381 e.